The molecule has 4 nitrogen and oxygen atoms in total. The molecule has 1 amide bonds. The summed E-state index contributed by atoms with van der Waals surface area (Å²) in [6.07, 6.45) is 0. The van der Waals surface area contributed by atoms with E-state index in [0.29, 0.717) is 21.3 Å². The van der Waals surface area contributed by atoms with Gasteiger partial charge in [0.05, 0.1) is 11.4 Å². The van der Waals surface area contributed by atoms with E-state index >= 15 is 0 Å². The lowest BCUT2D eigenvalue weighted by Gasteiger charge is -2.05. The van der Waals surface area contributed by atoms with Gasteiger partial charge in [-0.25, -0.2) is 4.98 Å². The van der Waals surface area contributed by atoms with E-state index in [4.69, 9.17) is 16.0 Å². The molecule has 3 aromatic rings. The third kappa shape index (κ3) is 3.63. The Morgan fingerprint density at radius 3 is 2.95 bits per heavy atom. The van der Waals surface area contributed by atoms with Crippen LogP contribution in [-0.2, 0) is 4.79 Å². The predicted molar refractivity (Wildman–Crippen MR) is 92.5 cm³/mol. The number of carbonyl (C=O) groups is 1. The second-order valence-corrected chi connectivity index (χ2v) is 6.63. The number of anilines is 1. The summed E-state index contributed by atoms with van der Waals surface area (Å²) in [4.78, 5) is 16.3. The fourth-order valence-electron chi connectivity index (χ4n) is 1.82. The average molecular weight is 398 g/mol. The molecule has 0 bridgehead atoms. The molecule has 0 unspecified atom stereocenters. The molecule has 0 saturated heterocycles. The van der Waals surface area contributed by atoms with Crippen molar-refractivity contribution in [2.75, 3.05) is 11.1 Å². The molecule has 1 heterocycles. The number of carbonyl (C=O) groups excluding carboxylic acids is 1. The first kappa shape index (κ1) is 15.4. The van der Waals surface area contributed by atoms with Gasteiger partial charge in [-0.1, -0.05) is 35.5 Å². The third-order valence-corrected chi connectivity index (χ3v) is 4.56. The highest BCUT2D eigenvalue weighted by Crippen LogP contribution is 2.26. The van der Waals surface area contributed by atoms with E-state index in [1.165, 1.54) is 11.8 Å². The Bertz CT molecular complexity index is 837. The van der Waals surface area contributed by atoms with Crippen molar-refractivity contribution >= 4 is 62.0 Å². The van der Waals surface area contributed by atoms with E-state index in [1.54, 1.807) is 18.2 Å². The van der Waals surface area contributed by atoms with Crippen LogP contribution in [0.1, 0.15) is 0 Å². The van der Waals surface area contributed by atoms with Crippen molar-refractivity contribution < 1.29 is 9.21 Å². The first-order chi connectivity index (χ1) is 10.6. The quantitative estimate of drug-likeness (QED) is 0.631. The Labute approximate surface area is 144 Å². The van der Waals surface area contributed by atoms with Gasteiger partial charge in [0, 0.05) is 9.50 Å². The Kier molecular flexibility index (Phi) is 4.71. The van der Waals surface area contributed by atoms with Crippen molar-refractivity contribution in [1.29, 1.82) is 0 Å². The van der Waals surface area contributed by atoms with Gasteiger partial charge in [0.2, 0.25) is 5.91 Å². The number of nitrogens with zero attached hydrogens (tertiary/aromatic N) is 1. The van der Waals surface area contributed by atoms with Crippen molar-refractivity contribution in [1.82, 2.24) is 4.98 Å². The van der Waals surface area contributed by atoms with Gasteiger partial charge in [0.15, 0.2) is 5.58 Å². The van der Waals surface area contributed by atoms with Crippen LogP contribution in [0.3, 0.4) is 0 Å². The van der Waals surface area contributed by atoms with E-state index in [1.807, 2.05) is 24.3 Å². The third-order valence-electron chi connectivity index (χ3n) is 2.80. The van der Waals surface area contributed by atoms with Gasteiger partial charge in [0.25, 0.3) is 5.22 Å². The standard InChI is InChI=1S/C15H10BrClN2O2S/c16-10-3-1-2-4-11(10)18-14(20)8-22-15-19-12-7-9(17)5-6-13(12)21-15/h1-7H,8H2,(H,18,20). The molecule has 0 aliphatic heterocycles. The lowest BCUT2D eigenvalue weighted by atomic mass is 10.3. The molecule has 0 atom stereocenters. The first-order valence-corrected chi connectivity index (χ1v) is 8.51. The van der Waals surface area contributed by atoms with Crippen LogP contribution in [0, 0.1) is 0 Å². The van der Waals surface area contributed by atoms with Crippen molar-refractivity contribution in [2.24, 2.45) is 0 Å². The molecule has 0 radical (unpaired) electrons. The summed E-state index contributed by atoms with van der Waals surface area (Å²) in [5.41, 5.74) is 2.07. The van der Waals surface area contributed by atoms with Gasteiger partial charge < -0.3 is 9.73 Å². The zero-order valence-corrected chi connectivity index (χ0v) is 14.3. The highest BCUT2D eigenvalue weighted by atomic mass is 79.9. The van der Waals surface area contributed by atoms with E-state index in [9.17, 15) is 4.79 Å². The number of oxazole rings is 1. The Balaban J connectivity index is 1.63. The number of hydrogen-bond donors (Lipinski definition) is 1. The van der Waals surface area contributed by atoms with Gasteiger partial charge in [-0.15, -0.1) is 0 Å². The minimum Gasteiger partial charge on any atom is -0.431 e. The van der Waals surface area contributed by atoms with Gasteiger partial charge in [-0.05, 0) is 46.3 Å². The van der Waals surface area contributed by atoms with Crippen molar-refractivity contribution in [2.45, 2.75) is 5.22 Å². The largest absolute Gasteiger partial charge is 0.431 e. The molecule has 1 aromatic heterocycles. The summed E-state index contributed by atoms with van der Waals surface area (Å²) in [6, 6.07) is 12.7. The van der Waals surface area contributed by atoms with Crippen LogP contribution in [0.4, 0.5) is 5.69 Å². The number of aromatic nitrogens is 1. The minimum absolute atomic E-state index is 0.128. The SMILES string of the molecule is O=C(CSc1nc2cc(Cl)ccc2o1)Nc1ccccc1Br. The summed E-state index contributed by atoms with van der Waals surface area (Å²) in [5, 5.41) is 3.87. The number of hydrogen-bond acceptors (Lipinski definition) is 4. The molecule has 0 saturated carbocycles. The molecule has 0 aliphatic carbocycles. The molecule has 0 aliphatic rings. The first-order valence-electron chi connectivity index (χ1n) is 6.35. The maximum Gasteiger partial charge on any atom is 0.257 e. The highest BCUT2D eigenvalue weighted by Gasteiger charge is 2.10. The number of fused-ring (bicyclic) bond motifs is 1. The number of amides is 1. The van der Waals surface area contributed by atoms with Crippen molar-refractivity contribution in [3.8, 4) is 0 Å². The number of thioether (sulfide) groups is 1. The number of rotatable bonds is 4. The summed E-state index contributed by atoms with van der Waals surface area (Å²) in [5.74, 6) is 0.0826. The summed E-state index contributed by atoms with van der Waals surface area (Å²) < 4.78 is 6.39. The van der Waals surface area contributed by atoms with Crippen molar-refractivity contribution in [3.05, 3.63) is 52.0 Å². The lowest BCUT2D eigenvalue weighted by molar-refractivity contribution is -0.113. The minimum atomic E-state index is -0.128. The average Bonchev–Trinajstić information content (AvgIpc) is 2.89. The van der Waals surface area contributed by atoms with Crippen LogP contribution >= 0.6 is 39.3 Å². The monoisotopic (exact) mass is 396 g/mol. The molecule has 0 fully saturated rings. The fourth-order valence-corrected chi connectivity index (χ4v) is 3.01. The van der Waals surface area contributed by atoms with E-state index < -0.39 is 0 Å². The Morgan fingerprint density at radius 1 is 1.32 bits per heavy atom. The van der Waals surface area contributed by atoms with Crippen LogP contribution in [0.25, 0.3) is 11.1 Å². The Morgan fingerprint density at radius 2 is 2.14 bits per heavy atom. The van der Waals surface area contributed by atoms with Gasteiger partial charge in [0.1, 0.15) is 5.52 Å². The molecular formula is C15H10BrClN2O2S. The summed E-state index contributed by atoms with van der Waals surface area (Å²) >= 11 is 10.5. The van der Waals surface area contributed by atoms with E-state index in [2.05, 4.69) is 26.2 Å². The maximum atomic E-state index is 12.0. The smallest absolute Gasteiger partial charge is 0.257 e. The highest BCUT2D eigenvalue weighted by molar-refractivity contribution is 9.10. The molecular weight excluding hydrogens is 388 g/mol. The molecule has 7 heteroatoms. The molecule has 22 heavy (non-hydrogen) atoms. The fraction of sp³-hybridized carbons (Fsp3) is 0.0667. The molecule has 1 N–H and O–H groups in total. The van der Waals surface area contributed by atoms with E-state index in [0.717, 1.165) is 10.2 Å². The zero-order chi connectivity index (χ0) is 15.5. The summed E-state index contributed by atoms with van der Waals surface area (Å²) in [6.45, 7) is 0. The summed E-state index contributed by atoms with van der Waals surface area (Å²) in [7, 11) is 0. The second kappa shape index (κ2) is 6.73. The van der Waals surface area contributed by atoms with Crippen molar-refractivity contribution in [3.63, 3.8) is 0 Å². The normalized spacial score (nSPS) is 10.8. The van der Waals surface area contributed by atoms with Crippen LogP contribution in [0.2, 0.25) is 5.02 Å². The molecule has 0 spiro atoms. The lowest BCUT2D eigenvalue weighted by Crippen LogP contribution is -2.14. The van der Waals surface area contributed by atoms with Gasteiger partial charge in [-0.2, -0.15) is 0 Å². The predicted octanol–water partition coefficient (Wildman–Crippen LogP) is 4.97. The van der Waals surface area contributed by atoms with E-state index in [-0.39, 0.29) is 11.7 Å². The number of halogens is 2. The van der Waals surface area contributed by atoms with Crippen LogP contribution in [0.5, 0.6) is 0 Å². The Hall–Kier alpha value is -1.50. The molecule has 112 valence electrons. The second-order valence-electron chi connectivity index (χ2n) is 4.41. The van der Waals surface area contributed by atoms with Gasteiger partial charge >= 0.3 is 0 Å². The van der Waals surface area contributed by atoms with Crippen LogP contribution in [0.15, 0.2) is 56.6 Å². The van der Waals surface area contributed by atoms with Crippen LogP contribution in [-0.4, -0.2) is 16.6 Å². The topological polar surface area (TPSA) is 55.1 Å². The number of nitrogens with one attached hydrogen (secondary N) is 1. The maximum absolute atomic E-state index is 12.0. The molecule has 2 aromatic carbocycles. The number of benzene rings is 2. The zero-order valence-electron chi connectivity index (χ0n) is 11.2. The molecule has 3 rings (SSSR count). The number of para-hydroxylation sites is 1. The van der Waals surface area contributed by atoms with Gasteiger partial charge in [-0.3, -0.25) is 4.79 Å². The van der Waals surface area contributed by atoms with Crippen LogP contribution < -0.4 is 5.32 Å².